The highest BCUT2D eigenvalue weighted by molar-refractivity contribution is 5.78. The van der Waals surface area contributed by atoms with E-state index in [1.54, 1.807) is 12.4 Å². The molecule has 3 rings (SSSR count). The SMILES string of the molecule is O=C1CCCN1CC1CCCN(c2ncccn2)C1. The van der Waals surface area contributed by atoms with Crippen molar-refractivity contribution in [2.24, 2.45) is 5.92 Å². The van der Waals surface area contributed by atoms with Gasteiger partial charge in [-0.2, -0.15) is 0 Å². The summed E-state index contributed by atoms with van der Waals surface area (Å²) < 4.78 is 0. The Hall–Kier alpha value is -1.65. The van der Waals surface area contributed by atoms with Gasteiger partial charge in [0.05, 0.1) is 0 Å². The molecule has 2 aliphatic rings. The summed E-state index contributed by atoms with van der Waals surface area (Å²) >= 11 is 0. The summed E-state index contributed by atoms with van der Waals surface area (Å²) in [6.07, 6.45) is 7.69. The van der Waals surface area contributed by atoms with Crippen LogP contribution in [0.1, 0.15) is 25.7 Å². The second-order valence-corrected chi connectivity index (χ2v) is 5.45. The molecule has 3 heterocycles. The molecule has 0 bridgehead atoms. The summed E-state index contributed by atoms with van der Waals surface area (Å²) in [5, 5.41) is 0. The van der Waals surface area contributed by atoms with Gasteiger partial charge in [-0.25, -0.2) is 9.97 Å². The molecule has 19 heavy (non-hydrogen) atoms. The molecule has 0 aromatic carbocycles. The maximum atomic E-state index is 11.7. The zero-order chi connectivity index (χ0) is 13.1. The van der Waals surface area contributed by atoms with Crippen LogP contribution in [0.25, 0.3) is 0 Å². The van der Waals surface area contributed by atoms with Crippen molar-refractivity contribution in [2.75, 3.05) is 31.1 Å². The molecule has 1 amide bonds. The van der Waals surface area contributed by atoms with E-state index in [1.165, 1.54) is 6.42 Å². The number of aromatic nitrogens is 2. The molecule has 0 N–H and O–H groups in total. The molecule has 0 spiro atoms. The summed E-state index contributed by atoms with van der Waals surface area (Å²) in [4.78, 5) is 24.6. The average molecular weight is 260 g/mol. The molecule has 2 saturated heterocycles. The van der Waals surface area contributed by atoms with Crippen LogP contribution in [0.15, 0.2) is 18.5 Å². The molecule has 1 aromatic heterocycles. The van der Waals surface area contributed by atoms with Gasteiger partial charge in [-0.3, -0.25) is 4.79 Å². The van der Waals surface area contributed by atoms with Crippen molar-refractivity contribution < 1.29 is 4.79 Å². The molecule has 0 aliphatic carbocycles. The lowest BCUT2D eigenvalue weighted by Gasteiger charge is -2.34. The second-order valence-electron chi connectivity index (χ2n) is 5.45. The zero-order valence-electron chi connectivity index (χ0n) is 11.2. The normalized spacial score (nSPS) is 24.0. The molecule has 1 aromatic rings. The van der Waals surface area contributed by atoms with E-state index in [-0.39, 0.29) is 0 Å². The minimum absolute atomic E-state index is 0.327. The van der Waals surface area contributed by atoms with Gasteiger partial charge < -0.3 is 9.80 Å². The fourth-order valence-corrected chi connectivity index (χ4v) is 3.06. The number of piperidine rings is 1. The minimum atomic E-state index is 0.327. The first-order valence-electron chi connectivity index (χ1n) is 7.12. The van der Waals surface area contributed by atoms with Crippen LogP contribution in [-0.2, 0) is 4.79 Å². The predicted octanol–water partition coefficient (Wildman–Crippen LogP) is 1.32. The van der Waals surface area contributed by atoms with Gasteiger partial charge in [-0.05, 0) is 31.2 Å². The Morgan fingerprint density at radius 2 is 2.05 bits per heavy atom. The van der Waals surface area contributed by atoms with E-state index in [0.717, 1.165) is 51.4 Å². The van der Waals surface area contributed by atoms with E-state index in [2.05, 4.69) is 14.9 Å². The first-order valence-corrected chi connectivity index (χ1v) is 7.12. The first-order chi connectivity index (χ1) is 9.33. The van der Waals surface area contributed by atoms with Gasteiger partial charge in [-0.1, -0.05) is 0 Å². The Bertz CT molecular complexity index is 436. The molecule has 1 atom stereocenters. The molecule has 5 heteroatoms. The number of rotatable bonds is 3. The van der Waals surface area contributed by atoms with Gasteiger partial charge in [0.25, 0.3) is 0 Å². The molecular formula is C14H20N4O. The number of nitrogens with zero attached hydrogens (tertiary/aromatic N) is 4. The van der Waals surface area contributed by atoms with Crippen molar-refractivity contribution in [2.45, 2.75) is 25.7 Å². The van der Waals surface area contributed by atoms with E-state index in [4.69, 9.17) is 0 Å². The van der Waals surface area contributed by atoms with Crippen LogP contribution in [0.4, 0.5) is 5.95 Å². The number of hydrogen-bond acceptors (Lipinski definition) is 4. The molecule has 1 unspecified atom stereocenters. The topological polar surface area (TPSA) is 49.3 Å². The van der Waals surface area contributed by atoms with Crippen LogP contribution < -0.4 is 4.90 Å². The third-order valence-electron chi connectivity index (χ3n) is 4.00. The first kappa shape index (κ1) is 12.4. The monoisotopic (exact) mass is 260 g/mol. The van der Waals surface area contributed by atoms with Crippen LogP contribution in [-0.4, -0.2) is 47.0 Å². The second kappa shape index (κ2) is 5.55. The van der Waals surface area contributed by atoms with Gasteiger partial charge in [0, 0.05) is 45.0 Å². The Morgan fingerprint density at radius 3 is 2.79 bits per heavy atom. The standard InChI is InChI=1S/C14H20N4O/c19-13-5-2-8-17(13)10-12-4-1-9-18(11-12)14-15-6-3-7-16-14/h3,6-7,12H,1-2,4-5,8-11H2. The van der Waals surface area contributed by atoms with Crippen LogP contribution in [0.5, 0.6) is 0 Å². The van der Waals surface area contributed by atoms with Crippen molar-refractivity contribution in [3.63, 3.8) is 0 Å². The summed E-state index contributed by atoms with van der Waals surface area (Å²) in [6, 6.07) is 1.84. The largest absolute Gasteiger partial charge is 0.342 e. The molecule has 5 nitrogen and oxygen atoms in total. The number of carbonyl (C=O) groups is 1. The minimum Gasteiger partial charge on any atom is -0.342 e. The van der Waals surface area contributed by atoms with E-state index in [0.29, 0.717) is 11.8 Å². The highest BCUT2D eigenvalue weighted by Gasteiger charge is 2.27. The summed E-state index contributed by atoms with van der Waals surface area (Å²) in [7, 11) is 0. The number of hydrogen-bond donors (Lipinski definition) is 0. The average Bonchev–Trinajstić information content (AvgIpc) is 2.86. The summed E-state index contributed by atoms with van der Waals surface area (Å²) in [5.41, 5.74) is 0. The molecule has 0 saturated carbocycles. The van der Waals surface area contributed by atoms with Crippen molar-refractivity contribution >= 4 is 11.9 Å². The van der Waals surface area contributed by atoms with E-state index >= 15 is 0 Å². The molecule has 2 fully saturated rings. The van der Waals surface area contributed by atoms with Crippen molar-refractivity contribution in [3.8, 4) is 0 Å². The fourth-order valence-electron chi connectivity index (χ4n) is 3.06. The zero-order valence-corrected chi connectivity index (χ0v) is 11.2. The van der Waals surface area contributed by atoms with Crippen molar-refractivity contribution in [1.29, 1.82) is 0 Å². The Morgan fingerprint density at radius 1 is 1.21 bits per heavy atom. The maximum absolute atomic E-state index is 11.7. The Balaban J connectivity index is 1.60. The lowest BCUT2D eigenvalue weighted by molar-refractivity contribution is -0.128. The van der Waals surface area contributed by atoms with Crippen LogP contribution in [0.2, 0.25) is 0 Å². The quantitative estimate of drug-likeness (QED) is 0.822. The van der Waals surface area contributed by atoms with Gasteiger partial charge in [0.1, 0.15) is 0 Å². The van der Waals surface area contributed by atoms with E-state index in [1.807, 2.05) is 11.0 Å². The molecule has 102 valence electrons. The highest BCUT2D eigenvalue weighted by Crippen LogP contribution is 2.22. The molecular weight excluding hydrogens is 240 g/mol. The fraction of sp³-hybridized carbons (Fsp3) is 0.643. The van der Waals surface area contributed by atoms with Gasteiger partial charge in [0.15, 0.2) is 0 Å². The lowest BCUT2D eigenvalue weighted by atomic mass is 9.98. The van der Waals surface area contributed by atoms with Gasteiger partial charge in [0.2, 0.25) is 11.9 Å². The lowest BCUT2D eigenvalue weighted by Crippen LogP contribution is -2.42. The third kappa shape index (κ3) is 2.85. The van der Waals surface area contributed by atoms with Crippen LogP contribution in [0, 0.1) is 5.92 Å². The summed E-state index contributed by atoms with van der Waals surface area (Å²) in [5.74, 6) is 1.70. The number of amides is 1. The van der Waals surface area contributed by atoms with Gasteiger partial charge in [-0.15, -0.1) is 0 Å². The number of carbonyl (C=O) groups excluding carboxylic acids is 1. The summed E-state index contributed by atoms with van der Waals surface area (Å²) in [6.45, 7) is 3.83. The number of anilines is 1. The van der Waals surface area contributed by atoms with Gasteiger partial charge >= 0.3 is 0 Å². The van der Waals surface area contributed by atoms with Crippen LogP contribution >= 0.6 is 0 Å². The van der Waals surface area contributed by atoms with Crippen molar-refractivity contribution in [1.82, 2.24) is 14.9 Å². The van der Waals surface area contributed by atoms with Crippen LogP contribution in [0.3, 0.4) is 0 Å². The highest BCUT2D eigenvalue weighted by atomic mass is 16.2. The maximum Gasteiger partial charge on any atom is 0.225 e. The molecule has 0 radical (unpaired) electrons. The van der Waals surface area contributed by atoms with E-state index < -0.39 is 0 Å². The predicted molar refractivity (Wildman–Crippen MR) is 72.8 cm³/mol. The van der Waals surface area contributed by atoms with E-state index in [9.17, 15) is 4.79 Å². The molecule has 2 aliphatic heterocycles. The number of likely N-dealkylation sites (tertiary alicyclic amines) is 1. The van der Waals surface area contributed by atoms with Crippen molar-refractivity contribution in [3.05, 3.63) is 18.5 Å². The Labute approximate surface area is 113 Å². The third-order valence-corrected chi connectivity index (χ3v) is 4.00. The Kier molecular flexibility index (Phi) is 3.62. The smallest absolute Gasteiger partial charge is 0.225 e.